The average molecular weight is 469 g/mol. The normalized spacial score (nSPS) is 11.4. The van der Waals surface area contributed by atoms with Crippen molar-refractivity contribution in [2.24, 2.45) is 0 Å². The van der Waals surface area contributed by atoms with E-state index >= 15 is 0 Å². The van der Waals surface area contributed by atoms with E-state index < -0.39 is 15.9 Å². The van der Waals surface area contributed by atoms with E-state index in [1.54, 1.807) is 19.1 Å². The number of para-hydroxylation sites is 1. The Morgan fingerprint density at radius 3 is 2.39 bits per heavy atom. The number of aryl methyl sites for hydroxylation is 1. The van der Waals surface area contributed by atoms with Crippen molar-refractivity contribution in [3.63, 3.8) is 0 Å². The van der Waals surface area contributed by atoms with Crippen LogP contribution in [0.15, 0.2) is 50.2 Å². The molecule has 1 aromatic heterocycles. The molecular formula is C18H17BrN2O6S. The zero-order valence-corrected chi connectivity index (χ0v) is 17.6. The highest BCUT2D eigenvalue weighted by atomic mass is 79.9. The van der Waals surface area contributed by atoms with Gasteiger partial charge in [-0.05, 0) is 35.0 Å². The molecule has 0 fully saturated rings. The molecule has 148 valence electrons. The Kier molecular flexibility index (Phi) is 5.64. The number of hydrazine groups is 1. The van der Waals surface area contributed by atoms with Crippen molar-refractivity contribution < 1.29 is 27.1 Å². The first-order valence-electron chi connectivity index (χ1n) is 8.00. The summed E-state index contributed by atoms with van der Waals surface area (Å²) >= 11 is 3.19. The number of methoxy groups -OCH3 is 2. The van der Waals surface area contributed by atoms with Crippen molar-refractivity contribution in [1.29, 1.82) is 0 Å². The number of carbonyl (C=O) groups is 1. The summed E-state index contributed by atoms with van der Waals surface area (Å²) in [4.78, 5) is 14.4. The van der Waals surface area contributed by atoms with Crippen LogP contribution in [-0.2, 0) is 10.0 Å². The molecule has 0 saturated heterocycles. The number of hydrogen-bond acceptors (Lipinski definition) is 6. The highest BCUT2D eigenvalue weighted by Crippen LogP contribution is 2.35. The van der Waals surface area contributed by atoms with Crippen LogP contribution in [-0.4, -0.2) is 28.5 Å². The summed E-state index contributed by atoms with van der Waals surface area (Å²) in [6.45, 7) is 1.72. The van der Waals surface area contributed by atoms with Gasteiger partial charge in [-0.15, -0.1) is 4.83 Å². The van der Waals surface area contributed by atoms with E-state index in [4.69, 9.17) is 13.9 Å². The Balaban J connectivity index is 1.85. The second-order valence-electron chi connectivity index (χ2n) is 5.75. The molecule has 8 nitrogen and oxygen atoms in total. The van der Waals surface area contributed by atoms with Gasteiger partial charge in [-0.3, -0.25) is 10.2 Å². The smallest absolute Gasteiger partial charge is 0.302 e. The lowest BCUT2D eigenvalue weighted by atomic mass is 10.1. The van der Waals surface area contributed by atoms with Gasteiger partial charge in [-0.25, -0.2) is 8.42 Å². The van der Waals surface area contributed by atoms with Crippen molar-refractivity contribution >= 4 is 42.8 Å². The fourth-order valence-corrected chi connectivity index (χ4v) is 4.53. The lowest BCUT2D eigenvalue weighted by Gasteiger charge is -2.13. The van der Waals surface area contributed by atoms with Gasteiger partial charge in [0.25, 0.3) is 10.0 Å². The molecule has 0 aliphatic carbocycles. The van der Waals surface area contributed by atoms with Crippen molar-refractivity contribution in [3.8, 4) is 11.5 Å². The zero-order valence-electron chi connectivity index (χ0n) is 15.2. The standard InChI is InChI=1S/C18H17BrN2O6S/c1-10-11-6-4-5-7-13(11)27-17(10)18(22)20-21-28(23,24)16-9-15(26-3)14(25-2)8-12(16)19/h4-9,21H,1-3H3,(H,20,22). The quantitative estimate of drug-likeness (QED) is 0.538. The predicted octanol–water partition coefficient (Wildman–Crippen LogP) is 3.14. The van der Waals surface area contributed by atoms with Crippen LogP contribution in [0.3, 0.4) is 0 Å². The van der Waals surface area contributed by atoms with E-state index in [0.717, 1.165) is 5.39 Å². The number of rotatable bonds is 6. The van der Waals surface area contributed by atoms with E-state index in [0.29, 0.717) is 16.9 Å². The minimum Gasteiger partial charge on any atom is -0.493 e. The van der Waals surface area contributed by atoms with Gasteiger partial charge in [0.15, 0.2) is 17.3 Å². The number of nitrogens with one attached hydrogen (secondary N) is 2. The third-order valence-electron chi connectivity index (χ3n) is 4.08. The number of amides is 1. The van der Waals surface area contributed by atoms with Gasteiger partial charge in [0.2, 0.25) is 0 Å². The number of ether oxygens (including phenoxy) is 2. The van der Waals surface area contributed by atoms with E-state index in [9.17, 15) is 13.2 Å². The topological polar surface area (TPSA) is 107 Å². The van der Waals surface area contributed by atoms with Gasteiger partial charge in [0.1, 0.15) is 10.5 Å². The van der Waals surface area contributed by atoms with Crippen LogP contribution < -0.4 is 19.7 Å². The Hall–Kier alpha value is -2.56. The summed E-state index contributed by atoms with van der Waals surface area (Å²) in [7, 11) is -1.27. The van der Waals surface area contributed by atoms with E-state index in [1.165, 1.54) is 26.4 Å². The van der Waals surface area contributed by atoms with Crippen LogP contribution in [0.2, 0.25) is 0 Å². The molecule has 2 N–H and O–H groups in total. The molecule has 0 atom stereocenters. The monoisotopic (exact) mass is 468 g/mol. The summed E-state index contributed by atoms with van der Waals surface area (Å²) in [5.74, 6) is -0.107. The van der Waals surface area contributed by atoms with Gasteiger partial charge in [-0.2, -0.15) is 0 Å². The average Bonchev–Trinajstić information content (AvgIpc) is 3.02. The molecule has 0 saturated carbocycles. The highest BCUT2D eigenvalue weighted by Gasteiger charge is 2.24. The number of carbonyl (C=O) groups excluding carboxylic acids is 1. The van der Waals surface area contributed by atoms with Crippen LogP contribution in [0, 0.1) is 6.92 Å². The van der Waals surface area contributed by atoms with Gasteiger partial charge >= 0.3 is 5.91 Å². The van der Waals surface area contributed by atoms with Crippen LogP contribution in [0.5, 0.6) is 11.5 Å². The van der Waals surface area contributed by atoms with Crippen molar-refractivity contribution in [2.45, 2.75) is 11.8 Å². The SMILES string of the molecule is COc1cc(Br)c(S(=O)(=O)NNC(=O)c2oc3ccccc3c2C)cc1OC. The lowest BCUT2D eigenvalue weighted by molar-refractivity contribution is 0.0918. The first-order valence-corrected chi connectivity index (χ1v) is 10.3. The third kappa shape index (κ3) is 3.71. The Bertz CT molecular complexity index is 1160. The summed E-state index contributed by atoms with van der Waals surface area (Å²) in [5.41, 5.74) is 3.32. The van der Waals surface area contributed by atoms with E-state index in [-0.39, 0.29) is 20.9 Å². The van der Waals surface area contributed by atoms with Crippen LogP contribution in [0.1, 0.15) is 16.1 Å². The number of halogens is 1. The second kappa shape index (κ2) is 7.82. The first-order chi connectivity index (χ1) is 13.3. The maximum atomic E-state index is 12.6. The summed E-state index contributed by atoms with van der Waals surface area (Å²) in [6, 6.07) is 9.89. The van der Waals surface area contributed by atoms with Gasteiger partial charge in [0.05, 0.1) is 14.2 Å². The molecule has 1 amide bonds. The molecule has 0 aliphatic rings. The second-order valence-corrected chi connectivity index (χ2v) is 8.25. The maximum Gasteiger partial charge on any atom is 0.302 e. The molecule has 3 rings (SSSR count). The fourth-order valence-electron chi connectivity index (χ4n) is 2.66. The highest BCUT2D eigenvalue weighted by molar-refractivity contribution is 9.10. The molecule has 10 heteroatoms. The molecule has 28 heavy (non-hydrogen) atoms. The maximum absolute atomic E-state index is 12.6. The first kappa shape index (κ1) is 20.2. The van der Waals surface area contributed by atoms with Gasteiger partial charge in [0, 0.05) is 21.5 Å². The molecule has 0 aliphatic heterocycles. The van der Waals surface area contributed by atoms with Crippen LogP contribution >= 0.6 is 15.9 Å². The number of furan rings is 1. The van der Waals surface area contributed by atoms with E-state index in [2.05, 4.69) is 26.2 Å². The van der Waals surface area contributed by atoms with Crippen LogP contribution in [0.25, 0.3) is 11.0 Å². The largest absolute Gasteiger partial charge is 0.493 e. The minimum atomic E-state index is -4.10. The Labute approximate surface area is 170 Å². The predicted molar refractivity (Wildman–Crippen MR) is 106 cm³/mol. The van der Waals surface area contributed by atoms with Crippen molar-refractivity contribution in [2.75, 3.05) is 14.2 Å². The molecule has 0 unspecified atom stereocenters. The third-order valence-corrected chi connectivity index (χ3v) is 6.28. The van der Waals surface area contributed by atoms with Crippen molar-refractivity contribution in [3.05, 3.63) is 52.2 Å². The molecule has 1 heterocycles. The zero-order chi connectivity index (χ0) is 20.5. The molecule has 3 aromatic rings. The molecular weight excluding hydrogens is 452 g/mol. The van der Waals surface area contributed by atoms with Gasteiger partial charge < -0.3 is 13.9 Å². The number of benzene rings is 2. The summed E-state index contributed by atoms with van der Waals surface area (Å²) < 4.78 is 41.3. The van der Waals surface area contributed by atoms with Crippen molar-refractivity contribution in [1.82, 2.24) is 10.3 Å². The van der Waals surface area contributed by atoms with E-state index in [1.807, 2.05) is 12.1 Å². The Morgan fingerprint density at radius 1 is 1.11 bits per heavy atom. The minimum absolute atomic E-state index is 0.0234. The number of fused-ring (bicyclic) bond motifs is 1. The van der Waals surface area contributed by atoms with Crippen LogP contribution in [0.4, 0.5) is 0 Å². The van der Waals surface area contributed by atoms with Gasteiger partial charge in [-0.1, -0.05) is 18.2 Å². The fraction of sp³-hybridized carbons (Fsp3) is 0.167. The number of hydrogen-bond donors (Lipinski definition) is 2. The molecule has 0 spiro atoms. The Morgan fingerprint density at radius 2 is 1.75 bits per heavy atom. The molecule has 2 aromatic carbocycles. The molecule has 0 bridgehead atoms. The summed E-state index contributed by atoms with van der Waals surface area (Å²) in [6.07, 6.45) is 0. The summed E-state index contributed by atoms with van der Waals surface area (Å²) in [5, 5.41) is 0.776. The molecule has 0 radical (unpaired) electrons. The number of sulfonamides is 1. The lowest BCUT2D eigenvalue weighted by Crippen LogP contribution is -2.41.